The second kappa shape index (κ2) is 4.92. The van der Waals surface area contributed by atoms with E-state index in [9.17, 15) is 0 Å². The fourth-order valence-corrected chi connectivity index (χ4v) is 3.76. The first-order valence-corrected chi connectivity index (χ1v) is 7.27. The minimum absolute atomic E-state index is 0.773. The first-order chi connectivity index (χ1) is 8.33. The maximum Gasteiger partial charge on any atom is 0.100 e. The summed E-state index contributed by atoms with van der Waals surface area (Å²) in [5, 5.41) is 5.41. The number of fused-ring (bicyclic) bond motifs is 1. The molecule has 0 spiro atoms. The van der Waals surface area contributed by atoms with Crippen LogP contribution in [0.3, 0.4) is 0 Å². The second-order valence-corrected chi connectivity index (χ2v) is 6.11. The van der Waals surface area contributed by atoms with Gasteiger partial charge in [0.2, 0.25) is 0 Å². The minimum atomic E-state index is 0.773. The predicted octanol–water partition coefficient (Wildman–Crippen LogP) is 3.49. The standard InChI is InChI=1S/C13H15ClN2S/c14-10-2-1-3-11-13(10)16-12(17-11)8-9-4-6-15-7-5-9/h1-3,9,15H,4-8H2. The molecule has 2 nitrogen and oxygen atoms in total. The maximum atomic E-state index is 6.15. The molecule has 17 heavy (non-hydrogen) atoms. The lowest BCUT2D eigenvalue weighted by Crippen LogP contribution is -2.28. The van der Waals surface area contributed by atoms with Crippen molar-refractivity contribution in [2.75, 3.05) is 13.1 Å². The van der Waals surface area contributed by atoms with Crippen LogP contribution in [0.25, 0.3) is 10.2 Å². The van der Waals surface area contributed by atoms with Gasteiger partial charge in [0.25, 0.3) is 0 Å². The molecule has 0 amide bonds. The van der Waals surface area contributed by atoms with Gasteiger partial charge in [-0.15, -0.1) is 11.3 Å². The number of hydrogen-bond donors (Lipinski definition) is 1. The number of halogens is 1. The van der Waals surface area contributed by atoms with Crippen LogP contribution in [-0.4, -0.2) is 18.1 Å². The molecule has 3 rings (SSSR count). The predicted molar refractivity (Wildman–Crippen MR) is 73.9 cm³/mol. The van der Waals surface area contributed by atoms with Gasteiger partial charge < -0.3 is 5.32 Å². The van der Waals surface area contributed by atoms with Crippen LogP contribution in [0.2, 0.25) is 5.02 Å². The van der Waals surface area contributed by atoms with Gasteiger partial charge in [-0.2, -0.15) is 0 Å². The molecule has 2 heterocycles. The van der Waals surface area contributed by atoms with Crippen molar-refractivity contribution in [3.8, 4) is 0 Å². The van der Waals surface area contributed by atoms with E-state index in [0.29, 0.717) is 0 Å². The van der Waals surface area contributed by atoms with Crippen molar-refractivity contribution >= 4 is 33.2 Å². The molecular weight excluding hydrogens is 252 g/mol. The molecule has 1 saturated heterocycles. The van der Waals surface area contributed by atoms with Crippen LogP contribution in [0.1, 0.15) is 17.8 Å². The van der Waals surface area contributed by atoms with Crippen molar-refractivity contribution in [2.24, 2.45) is 5.92 Å². The molecule has 1 fully saturated rings. The summed E-state index contributed by atoms with van der Waals surface area (Å²) in [5.74, 6) is 0.788. The number of benzene rings is 1. The highest BCUT2D eigenvalue weighted by atomic mass is 35.5. The van der Waals surface area contributed by atoms with E-state index in [4.69, 9.17) is 11.6 Å². The average molecular weight is 267 g/mol. The van der Waals surface area contributed by atoms with Crippen molar-refractivity contribution in [1.29, 1.82) is 0 Å². The Morgan fingerprint density at radius 2 is 2.18 bits per heavy atom. The zero-order valence-electron chi connectivity index (χ0n) is 9.58. The summed E-state index contributed by atoms with van der Waals surface area (Å²) in [6.45, 7) is 2.30. The molecule has 90 valence electrons. The van der Waals surface area contributed by atoms with Crippen LogP contribution in [0.5, 0.6) is 0 Å². The van der Waals surface area contributed by atoms with Gasteiger partial charge in [0.1, 0.15) is 5.52 Å². The Morgan fingerprint density at radius 1 is 1.35 bits per heavy atom. The molecule has 1 aromatic carbocycles. The Balaban J connectivity index is 1.83. The lowest BCUT2D eigenvalue weighted by atomic mass is 9.95. The van der Waals surface area contributed by atoms with Crippen molar-refractivity contribution in [1.82, 2.24) is 10.3 Å². The Kier molecular flexibility index (Phi) is 3.32. The highest BCUT2D eigenvalue weighted by Crippen LogP contribution is 2.30. The van der Waals surface area contributed by atoms with Crippen LogP contribution >= 0.6 is 22.9 Å². The first-order valence-electron chi connectivity index (χ1n) is 6.07. The lowest BCUT2D eigenvalue weighted by Gasteiger charge is -2.21. The summed E-state index contributed by atoms with van der Waals surface area (Å²) < 4.78 is 1.21. The van der Waals surface area contributed by atoms with Gasteiger partial charge in [-0.3, -0.25) is 0 Å². The zero-order chi connectivity index (χ0) is 11.7. The molecule has 0 saturated carbocycles. The summed E-state index contributed by atoms with van der Waals surface area (Å²) in [6.07, 6.45) is 3.64. The molecule has 2 aromatic rings. The van der Waals surface area contributed by atoms with Gasteiger partial charge in [0.05, 0.1) is 14.7 Å². The van der Waals surface area contributed by atoms with Crippen LogP contribution in [0.4, 0.5) is 0 Å². The summed E-state index contributed by atoms with van der Waals surface area (Å²) in [5.41, 5.74) is 0.975. The molecular formula is C13H15ClN2S. The third-order valence-corrected chi connectivity index (χ3v) is 4.68. The van der Waals surface area contributed by atoms with Gasteiger partial charge in [-0.1, -0.05) is 17.7 Å². The van der Waals surface area contributed by atoms with E-state index in [-0.39, 0.29) is 0 Å². The van der Waals surface area contributed by atoms with Gasteiger partial charge in [0.15, 0.2) is 0 Å². The van der Waals surface area contributed by atoms with Gasteiger partial charge in [-0.05, 0) is 44.0 Å². The summed E-state index contributed by atoms with van der Waals surface area (Å²) in [4.78, 5) is 4.67. The molecule has 1 aliphatic heterocycles. The lowest BCUT2D eigenvalue weighted by molar-refractivity contribution is 0.372. The molecule has 0 aliphatic carbocycles. The van der Waals surface area contributed by atoms with Gasteiger partial charge in [-0.25, -0.2) is 4.98 Å². The summed E-state index contributed by atoms with van der Waals surface area (Å²) in [6, 6.07) is 6.01. The summed E-state index contributed by atoms with van der Waals surface area (Å²) in [7, 11) is 0. The van der Waals surface area contributed by atoms with E-state index in [2.05, 4.69) is 16.4 Å². The van der Waals surface area contributed by atoms with E-state index in [0.717, 1.165) is 36.0 Å². The van der Waals surface area contributed by atoms with Crippen LogP contribution < -0.4 is 5.32 Å². The zero-order valence-corrected chi connectivity index (χ0v) is 11.2. The number of aromatic nitrogens is 1. The highest BCUT2D eigenvalue weighted by Gasteiger charge is 2.16. The Morgan fingerprint density at radius 3 is 2.94 bits per heavy atom. The number of nitrogens with zero attached hydrogens (tertiary/aromatic N) is 1. The van der Waals surface area contributed by atoms with E-state index in [1.807, 2.05) is 12.1 Å². The molecule has 0 radical (unpaired) electrons. The number of nitrogens with one attached hydrogen (secondary N) is 1. The number of thiazole rings is 1. The molecule has 0 atom stereocenters. The number of hydrogen-bond acceptors (Lipinski definition) is 3. The largest absolute Gasteiger partial charge is 0.317 e. The van der Waals surface area contributed by atoms with Gasteiger partial charge >= 0.3 is 0 Å². The smallest absolute Gasteiger partial charge is 0.100 e. The minimum Gasteiger partial charge on any atom is -0.317 e. The van der Waals surface area contributed by atoms with E-state index < -0.39 is 0 Å². The number of rotatable bonds is 2. The van der Waals surface area contributed by atoms with Crippen molar-refractivity contribution in [2.45, 2.75) is 19.3 Å². The SMILES string of the molecule is Clc1cccc2sc(CC3CCNCC3)nc12. The van der Waals surface area contributed by atoms with Crippen LogP contribution in [0, 0.1) is 5.92 Å². The molecule has 0 bridgehead atoms. The first kappa shape index (κ1) is 11.5. The molecule has 1 aromatic heterocycles. The molecule has 0 unspecified atom stereocenters. The normalized spacial score (nSPS) is 17.7. The van der Waals surface area contributed by atoms with Crippen LogP contribution in [-0.2, 0) is 6.42 Å². The Hall–Kier alpha value is -0.640. The van der Waals surface area contributed by atoms with Crippen molar-refractivity contribution in [3.05, 3.63) is 28.2 Å². The van der Waals surface area contributed by atoms with Crippen molar-refractivity contribution < 1.29 is 0 Å². The quantitative estimate of drug-likeness (QED) is 0.900. The molecule has 1 N–H and O–H groups in total. The average Bonchev–Trinajstić information content (AvgIpc) is 2.74. The van der Waals surface area contributed by atoms with E-state index >= 15 is 0 Å². The number of para-hydroxylation sites is 1. The van der Waals surface area contributed by atoms with Gasteiger partial charge in [0, 0.05) is 6.42 Å². The molecule has 1 aliphatic rings. The second-order valence-electron chi connectivity index (χ2n) is 4.59. The van der Waals surface area contributed by atoms with E-state index in [1.165, 1.54) is 22.5 Å². The van der Waals surface area contributed by atoms with Crippen molar-refractivity contribution in [3.63, 3.8) is 0 Å². The highest BCUT2D eigenvalue weighted by molar-refractivity contribution is 7.18. The molecule has 4 heteroatoms. The van der Waals surface area contributed by atoms with Crippen LogP contribution in [0.15, 0.2) is 18.2 Å². The maximum absolute atomic E-state index is 6.15. The summed E-state index contributed by atoms with van der Waals surface area (Å²) >= 11 is 7.94. The topological polar surface area (TPSA) is 24.9 Å². The Bertz CT molecular complexity index is 517. The fraction of sp³-hybridized carbons (Fsp3) is 0.462. The monoisotopic (exact) mass is 266 g/mol. The van der Waals surface area contributed by atoms with E-state index in [1.54, 1.807) is 11.3 Å². The third-order valence-electron chi connectivity index (χ3n) is 3.34. The Labute approximate surface area is 110 Å². The third kappa shape index (κ3) is 2.46. The number of piperidine rings is 1. The fourth-order valence-electron chi connectivity index (χ4n) is 2.38.